The third-order valence-corrected chi connectivity index (χ3v) is 5.14. The Hall–Kier alpha value is 0.390. The van der Waals surface area contributed by atoms with Crippen molar-refractivity contribution in [2.45, 2.75) is 26.8 Å². The van der Waals surface area contributed by atoms with Gasteiger partial charge in [-0.05, 0) is 12.8 Å². The van der Waals surface area contributed by atoms with E-state index in [2.05, 4.69) is 35.1 Å². The Morgan fingerprint density at radius 2 is 1.93 bits per heavy atom. The summed E-state index contributed by atoms with van der Waals surface area (Å²) in [5.74, 6) is 0.985. The van der Waals surface area contributed by atoms with Gasteiger partial charge in [0, 0.05) is 23.7 Å². The van der Waals surface area contributed by atoms with Gasteiger partial charge in [0.05, 0.1) is 5.75 Å². The number of hydrogen-bond acceptors (Lipinski definition) is 3. The molecule has 0 radical (unpaired) electrons. The average Bonchev–Trinajstić information content (AvgIpc) is 2.16. The minimum absolute atomic E-state index is 0.233. The molecule has 0 aromatic heterocycles. The van der Waals surface area contributed by atoms with Crippen molar-refractivity contribution in [2.75, 3.05) is 23.4 Å². The topological polar surface area (TPSA) is 46.2 Å². The molecule has 0 saturated heterocycles. The predicted molar refractivity (Wildman–Crippen MR) is 64.8 cm³/mol. The van der Waals surface area contributed by atoms with E-state index >= 15 is 0 Å². The Kier molecular flexibility index (Phi) is 6.99. The van der Waals surface area contributed by atoms with Gasteiger partial charge in [0.2, 0.25) is 0 Å². The van der Waals surface area contributed by atoms with Crippen molar-refractivity contribution < 1.29 is 8.42 Å². The molecule has 0 saturated carbocycles. The highest BCUT2D eigenvalue weighted by molar-refractivity contribution is 9.09. The SMILES string of the molecule is CCS(=O)(=O)CCNC(C)C(C)CBr. The van der Waals surface area contributed by atoms with Gasteiger partial charge in [-0.2, -0.15) is 0 Å². The summed E-state index contributed by atoms with van der Waals surface area (Å²) in [6.07, 6.45) is 0. The van der Waals surface area contributed by atoms with Crippen LogP contribution in [0, 0.1) is 5.92 Å². The van der Waals surface area contributed by atoms with Crippen molar-refractivity contribution in [3.63, 3.8) is 0 Å². The third kappa shape index (κ3) is 5.98. The maximum atomic E-state index is 11.2. The maximum Gasteiger partial charge on any atom is 0.151 e. The molecular weight excluding hydrogens is 266 g/mol. The van der Waals surface area contributed by atoms with E-state index in [4.69, 9.17) is 0 Å². The summed E-state index contributed by atoms with van der Waals surface area (Å²) in [6, 6.07) is 0.349. The Balaban J connectivity index is 3.75. The van der Waals surface area contributed by atoms with Crippen LogP contribution in [-0.4, -0.2) is 37.8 Å². The number of alkyl halides is 1. The molecule has 5 heteroatoms. The Labute approximate surface area is 95.7 Å². The summed E-state index contributed by atoms with van der Waals surface area (Å²) in [4.78, 5) is 0. The van der Waals surface area contributed by atoms with Crippen LogP contribution in [0.2, 0.25) is 0 Å². The van der Waals surface area contributed by atoms with Crippen LogP contribution >= 0.6 is 15.9 Å². The first-order chi connectivity index (χ1) is 6.43. The van der Waals surface area contributed by atoms with Crippen LogP contribution < -0.4 is 5.32 Å². The Morgan fingerprint density at radius 3 is 2.36 bits per heavy atom. The van der Waals surface area contributed by atoms with Gasteiger partial charge in [-0.25, -0.2) is 8.42 Å². The first-order valence-electron chi connectivity index (χ1n) is 4.92. The minimum atomic E-state index is -2.82. The summed E-state index contributed by atoms with van der Waals surface area (Å²) >= 11 is 3.40. The van der Waals surface area contributed by atoms with E-state index in [1.807, 2.05) is 0 Å². The predicted octanol–water partition coefficient (Wildman–Crippen LogP) is 1.43. The Morgan fingerprint density at radius 1 is 1.36 bits per heavy atom. The van der Waals surface area contributed by atoms with Gasteiger partial charge in [0.1, 0.15) is 0 Å². The number of rotatable bonds is 7. The molecule has 2 atom stereocenters. The van der Waals surface area contributed by atoms with Crippen LogP contribution in [0.4, 0.5) is 0 Å². The van der Waals surface area contributed by atoms with E-state index in [0.717, 1.165) is 5.33 Å². The molecule has 0 spiro atoms. The maximum absolute atomic E-state index is 11.2. The number of sulfone groups is 1. The number of hydrogen-bond donors (Lipinski definition) is 1. The van der Waals surface area contributed by atoms with Crippen molar-refractivity contribution in [3.8, 4) is 0 Å². The van der Waals surface area contributed by atoms with Gasteiger partial charge < -0.3 is 5.32 Å². The molecule has 2 unspecified atom stereocenters. The van der Waals surface area contributed by atoms with Gasteiger partial charge in [-0.1, -0.05) is 29.8 Å². The highest BCUT2D eigenvalue weighted by Crippen LogP contribution is 2.05. The van der Waals surface area contributed by atoms with Crippen LogP contribution in [0.3, 0.4) is 0 Å². The monoisotopic (exact) mass is 285 g/mol. The molecule has 0 heterocycles. The van der Waals surface area contributed by atoms with Crippen molar-refractivity contribution in [1.82, 2.24) is 5.32 Å². The molecule has 0 bridgehead atoms. The van der Waals surface area contributed by atoms with Gasteiger partial charge in [-0.3, -0.25) is 0 Å². The van der Waals surface area contributed by atoms with Crippen LogP contribution in [0.1, 0.15) is 20.8 Å². The lowest BCUT2D eigenvalue weighted by Gasteiger charge is -2.18. The minimum Gasteiger partial charge on any atom is -0.313 e. The summed E-state index contributed by atoms with van der Waals surface area (Å²) in [5.41, 5.74) is 0. The van der Waals surface area contributed by atoms with E-state index < -0.39 is 9.84 Å². The largest absolute Gasteiger partial charge is 0.313 e. The molecule has 3 nitrogen and oxygen atoms in total. The molecule has 0 aliphatic heterocycles. The van der Waals surface area contributed by atoms with E-state index in [9.17, 15) is 8.42 Å². The Bertz CT molecular complexity index is 241. The fraction of sp³-hybridized carbons (Fsp3) is 1.00. The average molecular weight is 286 g/mol. The van der Waals surface area contributed by atoms with Crippen molar-refractivity contribution in [2.24, 2.45) is 5.92 Å². The van der Waals surface area contributed by atoms with Crippen LogP contribution in [0.5, 0.6) is 0 Å². The number of halogens is 1. The van der Waals surface area contributed by atoms with E-state index in [1.54, 1.807) is 6.92 Å². The molecule has 0 rings (SSSR count). The molecule has 0 fully saturated rings. The summed E-state index contributed by atoms with van der Waals surface area (Å²) < 4.78 is 22.3. The van der Waals surface area contributed by atoms with Crippen LogP contribution in [0.25, 0.3) is 0 Å². The van der Waals surface area contributed by atoms with Crippen LogP contribution in [-0.2, 0) is 9.84 Å². The second kappa shape index (κ2) is 6.80. The lowest BCUT2D eigenvalue weighted by atomic mass is 10.1. The molecule has 0 aliphatic carbocycles. The molecule has 86 valence electrons. The lowest BCUT2D eigenvalue weighted by Crippen LogP contribution is -2.36. The molecule has 0 aliphatic rings. The van der Waals surface area contributed by atoms with E-state index in [1.165, 1.54) is 0 Å². The lowest BCUT2D eigenvalue weighted by molar-refractivity contribution is 0.444. The second-order valence-electron chi connectivity index (χ2n) is 3.61. The van der Waals surface area contributed by atoms with Gasteiger partial charge in [0.25, 0.3) is 0 Å². The molecule has 0 aromatic rings. The quantitative estimate of drug-likeness (QED) is 0.720. The fourth-order valence-corrected chi connectivity index (χ4v) is 2.20. The van der Waals surface area contributed by atoms with Crippen LogP contribution in [0.15, 0.2) is 0 Å². The highest BCUT2D eigenvalue weighted by atomic mass is 79.9. The van der Waals surface area contributed by atoms with E-state index in [-0.39, 0.29) is 11.5 Å². The first kappa shape index (κ1) is 14.4. The zero-order valence-corrected chi connectivity index (χ0v) is 11.5. The summed E-state index contributed by atoms with van der Waals surface area (Å²) in [7, 11) is -2.82. The normalized spacial score (nSPS) is 16.6. The first-order valence-corrected chi connectivity index (χ1v) is 7.87. The zero-order valence-electron chi connectivity index (χ0n) is 9.09. The summed E-state index contributed by atoms with van der Waals surface area (Å²) in [6.45, 7) is 6.43. The molecule has 1 N–H and O–H groups in total. The second-order valence-corrected chi connectivity index (χ2v) is 6.73. The molecular formula is C9H20BrNO2S. The van der Waals surface area contributed by atoms with Gasteiger partial charge in [0.15, 0.2) is 9.84 Å². The highest BCUT2D eigenvalue weighted by Gasteiger charge is 2.12. The molecule has 14 heavy (non-hydrogen) atoms. The smallest absolute Gasteiger partial charge is 0.151 e. The van der Waals surface area contributed by atoms with Crippen molar-refractivity contribution >= 4 is 25.8 Å². The molecule has 0 aromatic carbocycles. The van der Waals surface area contributed by atoms with Gasteiger partial charge in [-0.15, -0.1) is 0 Å². The van der Waals surface area contributed by atoms with Gasteiger partial charge >= 0.3 is 0 Å². The van der Waals surface area contributed by atoms with Crippen molar-refractivity contribution in [3.05, 3.63) is 0 Å². The van der Waals surface area contributed by atoms with Crippen molar-refractivity contribution in [1.29, 1.82) is 0 Å². The third-order valence-electron chi connectivity index (χ3n) is 2.42. The van der Waals surface area contributed by atoms with E-state index in [0.29, 0.717) is 18.5 Å². The zero-order chi connectivity index (χ0) is 11.2. The summed E-state index contributed by atoms with van der Waals surface area (Å²) in [5, 5.41) is 4.15. The fourth-order valence-electron chi connectivity index (χ4n) is 0.921. The number of nitrogens with one attached hydrogen (secondary N) is 1. The standard InChI is InChI=1S/C9H20BrNO2S/c1-4-14(12,13)6-5-11-9(3)8(2)7-10/h8-9,11H,4-7H2,1-3H3. The molecule has 0 amide bonds.